The van der Waals surface area contributed by atoms with Crippen LogP contribution >= 0.6 is 0 Å². The fourth-order valence-corrected chi connectivity index (χ4v) is 3.29. The quantitative estimate of drug-likeness (QED) is 0.472. The Bertz CT molecular complexity index is 1080. The fourth-order valence-electron chi connectivity index (χ4n) is 3.29. The van der Waals surface area contributed by atoms with E-state index in [1.165, 1.54) is 11.1 Å². The molecule has 0 N–H and O–H groups in total. The Morgan fingerprint density at radius 3 is 2.64 bits per heavy atom. The molecule has 0 saturated heterocycles. The Hall–Kier alpha value is -2.68. The molecule has 0 aliphatic heterocycles. The summed E-state index contributed by atoms with van der Waals surface area (Å²) in [5, 5.41) is 2.14. The van der Waals surface area contributed by atoms with Gasteiger partial charge in [-0.3, -0.25) is 4.98 Å². The van der Waals surface area contributed by atoms with Gasteiger partial charge in [0.05, 0.1) is 5.69 Å². The molecule has 3 heterocycles. The van der Waals surface area contributed by atoms with Crippen LogP contribution in [-0.2, 0) is 6.42 Å². The third-order valence-electron chi connectivity index (χ3n) is 4.61. The molecule has 4 rings (SSSR count). The van der Waals surface area contributed by atoms with Crippen molar-refractivity contribution < 1.29 is 4.42 Å². The van der Waals surface area contributed by atoms with Crippen molar-refractivity contribution in [2.24, 2.45) is 5.92 Å². The maximum absolute atomic E-state index is 5.89. The van der Waals surface area contributed by atoms with Gasteiger partial charge in [-0.25, -0.2) is 4.98 Å². The third-order valence-corrected chi connectivity index (χ3v) is 4.61. The Morgan fingerprint density at radius 1 is 1.00 bits per heavy atom. The highest BCUT2D eigenvalue weighted by molar-refractivity contribution is 6.04. The van der Waals surface area contributed by atoms with Crippen LogP contribution in [0.2, 0.25) is 0 Å². The van der Waals surface area contributed by atoms with Crippen molar-refractivity contribution in [1.29, 1.82) is 0 Å². The number of aryl methyl sites for hydroxylation is 2. The van der Waals surface area contributed by atoms with Gasteiger partial charge in [0.25, 0.3) is 0 Å². The van der Waals surface area contributed by atoms with E-state index in [0.29, 0.717) is 11.6 Å². The van der Waals surface area contributed by atoms with Crippen LogP contribution < -0.4 is 0 Å². The standard InChI is InChI=1S/C22H22N2O/c1-13(2)9-17-11-20(23-12-14(17)3)16-6-8-21-19(10-16)18-7-5-15(4)24-22(18)25-21/h5-8,10-13H,9H2,1-4H3. The summed E-state index contributed by atoms with van der Waals surface area (Å²) in [7, 11) is 0. The van der Waals surface area contributed by atoms with E-state index in [4.69, 9.17) is 4.42 Å². The molecule has 0 bridgehead atoms. The van der Waals surface area contributed by atoms with Gasteiger partial charge in [-0.2, -0.15) is 0 Å². The van der Waals surface area contributed by atoms with Crippen LogP contribution in [-0.4, -0.2) is 9.97 Å². The molecule has 1 aromatic carbocycles. The van der Waals surface area contributed by atoms with Crippen molar-refractivity contribution in [3.05, 3.63) is 59.4 Å². The van der Waals surface area contributed by atoms with E-state index in [0.717, 1.165) is 39.7 Å². The van der Waals surface area contributed by atoms with Gasteiger partial charge in [0.15, 0.2) is 0 Å². The van der Waals surface area contributed by atoms with E-state index in [2.05, 4.69) is 55.0 Å². The zero-order valence-electron chi connectivity index (χ0n) is 15.1. The molecule has 3 nitrogen and oxygen atoms in total. The second-order valence-corrected chi connectivity index (χ2v) is 7.21. The lowest BCUT2D eigenvalue weighted by Gasteiger charge is -2.10. The van der Waals surface area contributed by atoms with Gasteiger partial charge < -0.3 is 4.42 Å². The van der Waals surface area contributed by atoms with E-state index in [9.17, 15) is 0 Å². The molecule has 3 heteroatoms. The molecular weight excluding hydrogens is 308 g/mol. The number of pyridine rings is 2. The summed E-state index contributed by atoms with van der Waals surface area (Å²) < 4.78 is 5.89. The number of fused-ring (bicyclic) bond motifs is 3. The average molecular weight is 330 g/mol. The molecule has 0 spiro atoms. The van der Waals surface area contributed by atoms with Crippen molar-refractivity contribution >= 4 is 22.1 Å². The van der Waals surface area contributed by atoms with E-state index >= 15 is 0 Å². The van der Waals surface area contributed by atoms with Crippen LogP contribution in [0.4, 0.5) is 0 Å². The first kappa shape index (κ1) is 15.8. The van der Waals surface area contributed by atoms with Gasteiger partial charge in [0, 0.05) is 28.2 Å². The van der Waals surface area contributed by atoms with Gasteiger partial charge in [-0.15, -0.1) is 0 Å². The molecule has 25 heavy (non-hydrogen) atoms. The Balaban J connectivity index is 1.85. The van der Waals surface area contributed by atoms with Crippen LogP contribution in [0, 0.1) is 19.8 Å². The van der Waals surface area contributed by atoms with Crippen LogP contribution in [0.15, 0.2) is 47.0 Å². The van der Waals surface area contributed by atoms with Crippen LogP contribution in [0.25, 0.3) is 33.3 Å². The van der Waals surface area contributed by atoms with Gasteiger partial charge in [-0.05, 0) is 73.7 Å². The van der Waals surface area contributed by atoms with Crippen LogP contribution in [0.5, 0.6) is 0 Å². The first-order chi connectivity index (χ1) is 12.0. The zero-order valence-corrected chi connectivity index (χ0v) is 15.1. The number of nitrogens with zero attached hydrogens (tertiary/aromatic N) is 2. The summed E-state index contributed by atoms with van der Waals surface area (Å²) in [5.41, 5.74) is 7.28. The summed E-state index contributed by atoms with van der Waals surface area (Å²) in [6.45, 7) is 8.61. The molecule has 0 aliphatic rings. The minimum absolute atomic E-state index is 0.628. The first-order valence-electron chi connectivity index (χ1n) is 8.77. The second kappa shape index (κ2) is 5.99. The lowest BCUT2D eigenvalue weighted by atomic mass is 9.97. The molecule has 126 valence electrons. The van der Waals surface area contributed by atoms with Crippen LogP contribution in [0.1, 0.15) is 30.7 Å². The maximum atomic E-state index is 5.89. The van der Waals surface area contributed by atoms with Crippen LogP contribution in [0.3, 0.4) is 0 Å². The number of benzene rings is 1. The highest BCUT2D eigenvalue weighted by Crippen LogP contribution is 2.31. The van der Waals surface area contributed by atoms with Gasteiger partial charge >= 0.3 is 0 Å². The topological polar surface area (TPSA) is 38.9 Å². The monoisotopic (exact) mass is 330 g/mol. The number of furan rings is 1. The van der Waals surface area contributed by atoms with E-state index in [-0.39, 0.29) is 0 Å². The Morgan fingerprint density at radius 2 is 1.84 bits per heavy atom. The summed E-state index contributed by atoms with van der Waals surface area (Å²) in [5.74, 6) is 0.628. The number of hydrogen-bond acceptors (Lipinski definition) is 3. The zero-order chi connectivity index (χ0) is 17.6. The Kier molecular flexibility index (Phi) is 3.79. The number of aromatic nitrogens is 2. The fraction of sp³-hybridized carbons (Fsp3) is 0.273. The van der Waals surface area contributed by atoms with Crippen molar-refractivity contribution in [3.8, 4) is 11.3 Å². The highest BCUT2D eigenvalue weighted by Gasteiger charge is 2.11. The smallest absolute Gasteiger partial charge is 0.227 e. The van der Waals surface area contributed by atoms with E-state index in [1.54, 1.807) is 0 Å². The van der Waals surface area contributed by atoms with E-state index in [1.807, 2.05) is 25.3 Å². The normalized spacial score (nSPS) is 11.7. The Labute approximate surface area is 147 Å². The molecule has 0 atom stereocenters. The molecular formula is C22H22N2O. The number of hydrogen-bond donors (Lipinski definition) is 0. The van der Waals surface area contributed by atoms with Crippen molar-refractivity contribution in [3.63, 3.8) is 0 Å². The van der Waals surface area contributed by atoms with Crippen molar-refractivity contribution in [2.45, 2.75) is 34.1 Å². The average Bonchev–Trinajstić information content (AvgIpc) is 2.93. The molecule has 0 fully saturated rings. The lowest BCUT2D eigenvalue weighted by Crippen LogP contribution is -1.98. The lowest BCUT2D eigenvalue weighted by molar-refractivity contribution is 0.644. The minimum atomic E-state index is 0.628. The van der Waals surface area contributed by atoms with Gasteiger partial charge in [-0.1, -0.05) is 13.8 Å². The molecule has 0 radical (unpaired) electrons. The van der Waals surface area contributed by atoms with Gasteiger partial charge in [0.2, 0.25) is 5.71 Å². The molecule has 0 aliphatic carbocycles. The van der Waals surface area contributed by atoms with E-state index < -0.39 is 0 Å². The molecule has 0 saturated carbocycles. The summed E-state index contributed by atoms with van der Waals surface area (Å²) in [6, 6.07) is 12.6. The predicted molar refractivity (Wildman–Crippen MR) is 103 cm³/mol. The highest BCUT2D eigenvalue weighted by atomic mass is 16.3. The SMILES string of the molecule is Cc1ccc2c(n1)oc1ccc(-c3cc(CC(C)C)c(C)cn3)cc12. The largest absolute Gasteiger partial charge is 0.438 e. The van der Waals surface area contributed by atoms with Crippen molar-refractivity contribution in [1.82, 2.24) is 9.97 Å². The summed E-state index contributed by atoms with van der Waals surface area (Å²) >= 11 is 0. The minimum Gasteiger partial charge on any atom is -0.438 e. The maximum Gasteiger partial charge on any atom is 0.227 e. The first-order valence-corrected chi connectivity index (χ1v) is 8.77. The summed E-state index contributed by atoms with van der Waals surface area (Å²) in [4.78, 5) is 9.15. The van der Waals surface area contributed by atoms with Gasteiger partial charge in [0.1, 0.15) is 5.58 Å². The predicted octanol–water partition coefficient (Wildman–Crippen LogP) is 5.86. The van der Waals surface area contributed by atoms with Crippen molar-refractivity contribution in [2.75, 3.05) is 0 Å². The molecule has 4 aromatic rings. The number of rotatable bonds is 3. The summed E-state index contributed by atoms with van der Waals surface area (Å²) in [6.07, 6.45) is 3.05. The second-order valence-electron chi connectivity index (χ2n) is 7.21. The molecule has 0 unspecified atom stereocenters. The molecule has 0 amide bonds. The third kappa shape index (κ3) is 2.91. The molecule has 3 aromatic heterocycles.